The van der Waals surface area contributed by atoms with Gasteiger partial charge in [-0.05, 0) is 69.8 Å². The van der Waals surface area contributed by atoms with Gasteiger partial charge in [0, 0.05) is 11.9 Å². The quantitative estimate of drug-likeness (QED) is 0.440. The number of halogens is 1. The molecule has 1 heterocycles. The molecule has 10 heteroatoms. The Bertz CT molecular complexity index is 991. The SMILES string of the molecule is CCOC(=O)c1c(NC(=O)COC(=O)C23CC4CC(CC(Cl)(C4)C2)C3)sc(C(=O)NC)c1C. The van der Waals surface area contributed by atoms with Crippen molar-refractivity contribution in [1.82, 2.24) is 5.32 Å². The van der Waals surface area contributed by atoms with E-state index in [1.54, 1.807) is 13.8 Å². The second-order valence-electron chi connectivity index (χ2n) is 9.58. The van der Waals surface area contributed by atoms with Crippen molar-refractivity contribution in [2.24, 2.45) is 17.3 Å². The van der Waals surface area contributed by atoms with Crippen LogP contribution in [0.15, 0.2) is 0 Å². The number of thiophene rings is 1. The first-order valence-corrected chi connectivity index (χ1v) is 12.5. The molecule has 4 bridgehead atoms. The van der Waals surface area contributed by atoms with Crippen LogP contribution in [-0.4, -0.2) is 48.9 Å². The highest BCUT2D eigenvalue weighted by molar-refractivity contribution is 7.18. The van der Waals surface area contributed by atoms with E-state index >= 15 is 0 Å². The highest BCUT2D eigenvalue weighted by Gasteiger charge is 2.60. The van der Waals surface area contributed by atoms with Crippen LogP contribution in [0.3, 0.4) is 0 Å². The lowest BCUT2D eigenvalue weighted by Gasteiger charge is -2.58. The molecule has 0 aromatic carbocycles. The van der Waals surface area contributed by atoms with Crippen molar-refractivity contribution in [3.8, 4) is 0 Å². The van der Waals surface area contributed by atoms with Gasteiger partial charge in [0.25, 0.3) is 11.8 Å². The Hall–Kier alpha value is -2.13. The van der Waals surface area contributed by atoms with Crippen LogP contribution in [0.5, 0.6) is 0 Å². The van der Waals surface area contributed by atoms with E-state index in [-0.39, 0.29) is 33.9 Å². The van der Waals surface area contributed by atoms with Crippen molar-refractivity contribution >= 4 is 51.7 Å². The average Bonchev–Trinajstić information content (AvgIpc) is 3.05. The summed E-state index contributed by atoms with van der Waals surface area (Å²) in [5, 5.41) is 5.34. The number of carbonyl (C=O) groups excluding carboxylic acids is 4. The van der Waals surface area contributed by atoms with Crippen molar-refractivity contribution in [3.05, 3.63) is 16.0 Å². The number of hydrogen-bond acceptors (Lipinski definition) is 7. The first kappa shape index (κ1) is 24.0. The van der Waals surface area contributed by atoms with E-state index in [0.717, 1.165) is 43.4 Å². The van der Waals surface area contributed by atoms with Gasteiger partial charge in [0.1, 0.15) is 5.00 Å². The fraction of sp³-hybridized carbons (Fsp3) is 0.652. The maximum atomic E-state index is 13.1. The number of amides is 2. The van der Waals surface area contributed by atoms with Gasteiger partial charge in [-0.1, -0.05) is 0 Å². The zero-order chi connectivity index (χ0) is 24.0. The van der Waals surface area contributed by atoms with Crippen molar-refractivity contribution in [2.45, 2.75) is 57.2 Å². The summed E-state index contributed by atoms with van der Waals surface area (Å²) in [5.74, 6) is -1.06. The monoisotopic (exact) mass is 496 g/mol. The number of carbonyl (C=O) groups is 4. The minimum atomic E-state index is -0.630. The molecule has 4 fully saturated rings. The molecule has 4 saturated carbocycles. The van der Waals surface area contributed by atoms with E-state index in [1.165, 1.54) is 7.05 Å². The molecule has 1 aromatic rings. The van der Waals surface area contributed by atoms with Crippen LogP contribution in [-0.2, 0) is 19.1 Å². The van der Waals surface area contributed by atoms with Crippen LogP contribution >= 0.6 is 22.9 Å². The molecule has 0 spiro atoms. The summed E-state index contributed by atoms with van der Waals surface area (Å²) in [5.41, 5.74) is -0.0509. The standard InChI is InChI=1S/C23H29ClN2O6S/c1-4-31-20(29)16-12(2)17(18(28)25-3)33-19(16)26-15(27)10-32-21(30)22-6-13-5-14(7-22)9-23(24,8-13)11-22/h13-14H,4-11H2,1-3H3,(H,25,28)(H,26,27). The van der Waals surface area contributed by atoms with Crippen LogP contribution in [0.4, 0.5) is 5.00 Å². The van der Waals surface area contributed by atoms with Crippen molar-refractivity contribution in [3.63, 3.8) is 0 Å². The van der Waals surface area contributed by atoms with E-state index in [4.69, 9.17) is 21.1 Å². The van der Waals surface area contributed by atoms with Gasteiger partial charge < -0.3 is 20.1 Å². The van der Waals surface area contributed by atoms with Crippen molar-refractivity contribution < 1.29 is 28.7 Å². The van der Waals surface area contributed by atoms with Crippen LogP contribution in [0.2, 0.25) is 0 Å². The third-order valence-corrected chi connectivity index (χ3v) is 8.72. The molecule has 33 heavy (non-hydrogen) atoms. The molecular weight excluding hydrogens is 468 g/mol. The van der Waals surface area contributed by atoms with Crippen LogP contribution in [0.25, 0.3) is 0 Å². The van der Waals surface area contributed by atoms with E-state index in [2.05, 4.69) is 10.6 Å². The summed E-state index contributed by atoms with van der Waals surface area (Å²) in [6, 6.07) is 0. The van der Waals surface area contributed by atoms with Gasteiger partial charge in [0.15, 0.2) is 6.61 Å². The maximum absolute atomic E-state index is 13.1. The topological polar surface area (TPSA) is 111 Å². The maximum Gasteiger partial charge on any atom is 0.341 e. The molecular formula is C23H29ClN2O6S. The Morgan fingerprint density at radius 2 is 1.79 bits per heavy atom. The average molecular weight is 497 g/mol. The zero-order valence-electron chi connectivity index (χ0n) is 19.0. The molecule has 4 aliphatic rings. The zero-order valence-corrected chi connectivity index (χ0v) is 20.6. The van der Waals surface area contributed by atoms with Gasteiger partial charge in [0.2, 0.25) is 0 Å². The normalized spacial score (nSPS) is 29.5. The van der Waals surface area contributed by atoms with E-state index in [9.17, 15) is 19.2 Å². The summed E-state index contributed by atoms with van der Waals surface area (Å²) in [6.07, 6.45) is 5.15. The molecule has 2 amide bonds. The van der Waals surface area contributed by atoms with Gasteiger partial charge in [-0.3, -0.25) is 14.4 Å². The number of alkyl halides is 1. The molecule has 0 saturated heterocycles. The predicted octanol–water partition coefficient (Wildman–Crippen LogP) is 3.65. The van der Waals surface area contributed by atoms with Crippen LogP contribution in [0, 0.1) is 24.2 Å². The van der Waals surface area contributed by atoms with E-state index in [0.29, 0.717) is 28.7 Å². The summed E-state index contributed by atoms with van der Waals surface area (Å²) in [7, 11) is 1.48. The Balaban J connectivity index is 1.44. The van der Waals surface area contributed by atoms with Crippen LogP contribution < -0.4 is 10.6 Å². The largest absolute Gasteiger partial charge is 0.462 e. The summed E-state index contributed by atoms with van der Waals surface area (Å²) in [6.45, 7) is 2.98. The first-order valence-electron chi connectivity index (χ1n) is 11.3. The van der Waals surface area contributed by atoms with Crippen molar-refractivity contribution in [2.75, 3.05) is 25.6 Å². The molecule has 0 radical (unpaired) electrons. The Kier molecular flexibility index (Phi) is 6.48. The number of hydrogen-bond donors (Lipinski definition) is 2. The second-order valence-corrected chi connectivity index (χ2v) is 11.4. The molecule has 0 aliphatic heterocycles. The number of esters is 2. The third kappa shape index (κ3) is 4.49. The Morgan fingerprint density at radius 3 is 2.36 bits per heavy atom. The fourth-order valence-corrected chi connectivity index (χ4v) is 8.07. The van der Waals surface area contributed by atoms with Gasteiger partial charge in [-0.25, -0.2) is 4.79 Å². The van der Waals surface area contributed by atoms with Crippen molar-refractivity contribution in [1.29, 1.82) is 0 Å². The molecule has 8 nitrogen and oxygen atoms in total. The number of rotatable bonds is 7. The van der Waals surface area contributed by atoms with E-state index < -0.39 is 23.9 Å². The van der Waals surface area contributed by atoms with E-state index in [1.807, 2.05) is 0 Å². The second kappa shape index (κ2) is 8.91. The molecule has 2 N–H and O–H groups in total. The molecule has 5 rings (SSSR count). The minimum absolute atomic E-state index is 0.130. The lowest BCUT2D eigenvalue weighted by molar-refractivity contribution is -0.171. The molecule has 180 valence electrons. The first-order chi connectivity index (χ1) is 15.6. The smallest absolute Gasteiger partial charge is 0.341 e. The fourth-order valence-electron chi connectivity index (χ4n) is 6.22. The Morgan fingerprint density at radius 1 is 1.12 bits per heavy atom. The minimum Gasteiger partial charge on any atom is -0.462 e. The lowest BCUT2D eigenvalue weighted by atomic mass is 9.49. The van der Waals surface area contributed by atoms with Gasteiger partial charge >= 0.3 is 11.9 Å². The summed E-state index contributed by atoms with van der Waals surface area (Å²) in [4.78, 5) is 50.3. The summed E-state index contributed by atoms with van der Waals surface area (Å²) < 4.78 is 10.5. The highest BCUT2D eigenvalue weighted by atomic mass is 35.5. The molecule has 4 aliphatic carbocycles. The highest BCUT2D eigenvalue weighted by Crippen LogP contribution is 2.64. The van der Waals surface area contributed by atoms with Gasteiger partial charge in [-0.15, -0.1) is 22.9 Å². The van der Waals surface area contributed by atoms with Gasteiger partial charge in [-0.2, -0.15) is 0 Å². The molecule has 2 atom stereocenters. The molecule has 1 aromatic heterocycles. The third-order valence-electron chi connectivity index (χ3n) is 7.07. The predicted molar refractivity (Wildman–Crippen MR) is 124 cm³/mol. The summed E-state index contributed by atoms with van der Waals surface area (Å²) >= 11 is 7.78. The number of anilines is 1. The number of nitrogens with one attached hydrogen (secondary N) is 2. The van der Waals surface area contributed by atoms with Gasteiger partial charge in [0.05, 0.1) is 22.5 Å². The lowest BCUT2D eigenvalue weighted by Crippen LogP contribution is -2.56. The Labute approximate surface area is 201 Å². The molecule has 2 unspecified atom stereocenters. The number of ether oxygens (including phenoxy) is 2. The van der Waals surface area contributed by atoms with Crippen LogP contribution in [0.1, 0.15) is 71.0 Å².